The van der Waals surface area contributed by atoms with Gasteiger partial charge in [-0.05, 0) is 50.1 Å². The van der Waals surface area contributed by atoms with E-state index in [0.717, 1.165) is 36.2 Å². The van der Waals surface area contributed by atoms with Crippen LogP contribution in [0.15, 0.2) is 42.5 Å². The molecule has 1 N–H and O–H groups in total. The third-order valence-electron chi connectivity index (χ3n) is 4.95. The lowest BCUT2D eigenvalue weighted by atomic mass is 10.1. The highest BCUT2D eigenvalue weighted by atomic mass is 16.5. The molecule has 0 spiro atoms. The van der Waals surface area contributed by atoms with Crippen LogP contribution < -0.4 is 9.47 Å². The Labute approximate surface area is 158 Å². The van der Waals surface area contributed by atoms with E-state index in [1.165, 1.54) is 0 Å². The van der Waals surface area contributed by atoms with Crippen molar-refractivity contribution in [3.63, 3.8) is 0 Å². The van der Waals surface area contributed by atoms with Crippen LogP contribution in [0.4, 0.5) is 0 Å². The summed E-state index contributed by atoms with van der Waals surface area (Å²) in [6.07, 6.45) is 1.86. The maximum Gasteiger partial charge on any atom is 0.254 e. The summed E-state index contributed by atoms with van der Waals surface area (Å²) in [4.78, 5) is 23.1. The molecular weight excluding hydrogens is 342 g/mol. The van der Waals surface area contributed by atoms with Gasteiger partial charge in [-0.2, -0.15) is 0 Å². The van der Waals surface area contributed by atoms with Gasteiger partial charge in [-0.25, -0.2) is 4.98 Å². The third-order valence-corrected chi connectivity index (χ3v) is 4.95. The van der Waals surface area contributed by atoms with Crippen molar-refractivity contribution in [3.05, 3.63) is 53.9 Å². The summed E-state index contributed by atoms with van der Waals surface area (Å²) >= 11 is 0. The van der Waals surface area contributed by atoms with Gasteiger partial charge in [0.05, 0.1) is 30.8 Å². The molecule has 2 heterocycles. The maximum atomic E-state index is 13.2. The number of carbonyl (C=O) groups is 1. The standard InChI is InChI=1S/C21H23N3O3/c1-3-27-18-11-10-14(13-19(18)26-2)21(25)24-12-6-9-17(24)20-22-15-7-4-5-8-16(15)23-20/h4-5,7-8,10-11,13,17H,3,6,9,12H2,1-2H3,(H,22,23). The van der Waals surface area contributed by atoms with Crippen LogP contribution in [0.1, 0.15) is 42.0 Å². The molecule has 0 saturated carbocycles. The van der Waals surface area contributed by atoms with Gasteiger partial charge in [0, 0.05) is 12.1 Å². The lowest BCUT2D eigenvalue weighted by Gasteiger charge is -2.23. The number of H-pyrrole nitrogens is 1. The molecule has 0 bridgehead atoms. The molecule has 1 atom stereocenters. The fourth-order valence-corrected chi connectivity index (χ4v) is 3.67. The number of likely N-dealkylation sites (tertiary alicyclic amines) is 1. The van der Waals surface area contributed by atoms with Crippen LogP contribution in [0.2, 0.25) is 0 Å². The molecule has 3 aromatic rings. The number of fused-ring (bicyclic) bond motifs is 1. The Balaban J connectivity index is 1.62. The van der Waals surface area contributed by atoms with Crippen molar-refractivity contribution in [2.45, 2.75) is 25.8 Å². The minimum atomic E-state index is -0.0394. The van der Waals surface area contributed by atoms with Gasteiger partial charge in [0.15, 0.2) is 11.5 Å². The van der Waals surface area contributed by atoms with Gasteiger partial charge in [0.25, 0.3) is 5.91 Å². The highest BCUT2D eigenvalue weighted by Crippen LogP contribution is 2.34. The lowest BCUT2D eigenvalue weighted by molar-refractivity contribution is 0.0730. The molecule has 1 aliphatic heterocycles. The van der Waals surface area contributed by atoms with Crippen LogP contribution in [0.5, 0.6) is 11.5 Å². The van der Waals surface area contributed by atoms with Gasteiger partial charge in [0.1, 0.15) is 5.82 Å². The van der Waals surface area contributed by atoms with E-state index in [1.807, 2.05) is 36.1 Å². The van der Waals surface area contributed by atoms with E-state index in [9.17, 15) is 4.79 Å². The van der Waals surface area contributed by atoms with E-state index in [2.05, 4.69) is 4.98 Å². The Morgan fingerprint density at radius 2 is 2.11 bits per heavy atom. The molecular formula is C21H23N3O3. The molecule has 1 aliphatic rings. The first-order valence-corrected chi connectivity index (χ1v) is 9.27. The third kappa shape index (κ3) is 3.23. The summed E-state index contributed by atoms with van der Waals surface area (Å²) in [5.41, 5.74) is 2.52. The number of amides is 1. The molecule has 2 aromatic carbocycles. The minimum absolute atomic E-state index is 0.0145. The van der Waals surface area contributed by atoms with Crippen molar-refractivity contribution in [2.75, 3.05) is 20.3 Å². The first-order valence-electron chi connectivity index (χ1n) is 9.27. The van der Waals surface area contributed by atoms with Crippen molar-refractivity contribution < 1.29 is 14.3 Å². The summed E-state index contributed by atoms with van der Waals surface area (Å²) in [7, 11) is 1.58. The first-order chi connectivity index (χ1) is 13.2. The Morgan fingerprint density at radius 3 is 2.89 bits per heavy atom. The number of ether oxygens (including phenoxy) is 2. The highest BCUT2D eigenvalue weighted by Gasteiger charge is 2.33. The van der Waals surface area contributed by atoms with E-state index in [0.29, 0.717) is 23.7 Å². The normalized spacial score (nSPS) is 16.7. The van der Waals surface area contributed by atoms with Crippen LogP contribution in [0, 0.1) is 0 Å². The predicted molar refractivity (Wildman–Crippen MR) is 103 cm³/mol. The zero-order valence-electron chi connectivity index (χ0n) is 15.6. The number of hydrogen-bond donors (Lipinski definition) is 1. The van der Waals surface area contributed by atoms with Crippen molar-refractivity contribution in [3.8, 4) is 11.5 Å². The predicted octanol–water partition coefficient (Wildman–Crippen LogP) is 3.95. The number of hydrogen-bond acceptors (Lipinski definition) is 4. The summed E-state index contributed by atoms with van der Waals surface area (Å²) in [5.74, 6) is 2.05. The molecule has 1 saturated heterocycles. The maximum absolute atomic E-state index is 13.2. The lowest BCUT2D eigenvalue weighted by Crippen LogP contribution is -2.31. The number of imidazole rings is 1. The van der Waals surface area contributed by atoms with Gasteiger partial charge in [-0.15, -0.1) is 0 Å². The molecule has 6 nitrogen and oxygen atoms in total. The topological polar surface area (TPSA) is 67.5 Å². The number of methoxy groups -OCH3 is 1. The van der Waals surface area contributed by atoms with E-state index in [4.69, 9.17) is 14.5 Å². The fourth-order valence-electron chi connectivity index (χ4n) is 3.67. The second-order valence-electron chi connectivity index (χ2n) is 6.59. The molecule has 1 fully saturated rings. The number of rotatable bonds is 5. The summed E-state index contributed by atoms with van der Waals surface area (Å²) in [6, 6.07) is 13.2. The van der Waals surface area contributed by atoms with Crippen LogP contribution in [0.25, 0.3) is 11.0 Å². The first kappa shape index (κ1) is 17.4. The van der Waals surface area contributed by atoms with E-state index >= 15 is 0 Å². The largest absolute Gasteiger partial charge is 0.493 e. The molecule has 0 radical (unpaired) electrons. The van der Waals surface area contributed by atoms with Gasteiger partial charge in [0.2, 0.25) is 0 Å². The molecule has 27 heavy (non-hydrogen) atoms. The Bertz CT molecular complexity index is 933. The van der Waals surface area contributed by atoms with Crippen molar-refractivity contribution in [2.24, 2.45) is 0 Å². The average molecular weight is 365 g/mol. The smallest absolute Gasteiger partial charge is 0.254 e. The minimum Gasteiger partial charge on any atom is -0.493 e. The summed E-state index contributed by atoms with van der Waals surface area (Å²) < 4.78 is 10.9. The van der Waals surface area contributed by atoms with Crippen molar-refractivity contribution in [1.82, 2.24) is 14.9 Å². The van der Waals surface area contributed by atoms with Gasteiger partial charge >= 0.3 is 0 Å². The number of carbonyl (C=O) groups excluding carboxylic acids is 1. The molecule has 4 rings (SSSR count). The highest BCUT2D eigenvalue weighted by molar-refractivity contribution is 5.95. The van der Waals surface area contributed by atoms with Gasteiger partial charge < -0.3 is 19.4 Å². The van der Waals surface area contributed by atoms with Crippen molar-refractivity contribution >= 4 is 16.9 Å². The van der Waals surface area contributed by atoms with Gasteiger partial charge in [-0.3, -0.25) is 4.79 Å². The number of aromatic amines is 1. The molecule has 1 amide bonds. The number of nitrogens with one attached hydrogen (secondary N) is 1. The number of nitrogens with zero attached hydrogens (tertiary/aromatic N) is 2. The molecule has 6 heteroatoms. The number of para-hydroxylation sites is 2. The second-order valence-corrected chi connectivity index (χ2v) is 6.59. The quantitative estimate of drug-likeness (QED) is 0.743. The van der Waals surface area contributed by atoms with Crippen LogP contribution in [-0.2, 0) is 0 Å². The average Bonchev–Trinajstić information content (AvgIpc) is 3.34. The van der Waals surface area contributed by atoms with Crippen LogP contribution in [-0.4, -0.2) is 41.0 Å². The second kappa shape index (κ2) is 7.31. The van der Waals surface area contributed by atoms with Crippen LogP contribution in [0.3, 0.4) is 0 Å². The van der Waals surface area contributed by atoms with E-state index < -0.39 is 0 Å². The summed E-state index contributed by atoms with van der Waals surface area (Å²) in [6.45, 7) is 3.18. The number of benzene rings is 2. The monoisotopic (exact) mass is 365 g/mol. The zero-order chi connectivity index (χ0) is 18.8. The van der Waals surface area contributed by atoms with Gasteiger partial charge in [-0.1, -0.05) is 12.1 Å². The Kier molecular flexibility index (Phi) is 4.71. The Morgan fingerprint density at radius 1 is 1.26 bits per heavy atom. The van der Waals surface area contributed by atoms with Crippen LogP contribution >= 0.6 is 0 Å². The number of aromatic nitrogens is 2. The molecule has 1 aromatic heterocycles. The van der Waals surface area contributed by atoms with Crippen molar-refractivity contribution in [1.29, 1.82) is 0 Å². The van der Waals surface area contributed by atoms with E-state index in [-0.39, 0.29) is 11.9 Å². The summed E-state index contributed by atoms with van der Waals surface area (Å²) in [5, 5.41) is 0. The fraction of sp³-hybridized carbons (Fsp3) is 0.333. The molecule has 1 unspecified atom stereocenters. The zero-order valence-corrected chi connectivity index (χ0v) is 15.6. The molecule has 0 aliphatic carbocycles. The molecule has 140 valence electrons. The SMILES string of the molecule is CCOc1ccc(C(=O)N2CCCC2c2nc3ccccc3[nH]2)cc1OC. The van der Waals surface area contributed by atoms with E-state index in [1.54, 1.807) is 25.3 Å². The Hall–Kier alpha value is -3.02.